The summed E-state index contributed by atoms with van der Waals surface area (Å²) in [5, 5.41) is 6.98. The zero-order valence-electron chi connectivity index (χ0n) is 3.31. The highest BCUT2D eigenvalue weighted by atomic mass is 127. The average Bonchev–Trinajstić information content (AvgIpc) is 1.67. The van der Waals surface area contributed by atoms with Crippen molar-refractivity contribution in [1.82, 2.24) is 0 Å². The van der Waals surface area contributed by atoms with E-state index < -0.39 is 13.3 Å². The van der Waals surface area contributed by atoms with Crippen LogP contribution in [0.2, 0.25) is 0 Å². The lowest BCUT2D eigenvalue weighted by Gasteiger charge is -2.12. The maximum Gasteiger partial charge on any atom is 0.394 e. The van der Waals surface area contributed by atoms with E-state index in [1.54, 1.807) is 0 Å². The summed E-state index contributed by atoms with van der Waals surface area (Å²) in [6, 6.07) is 0. The molecule has 0 radical (unpaired) electrons. The van der Waals surface area contributed by atoms with Crippen molar-refractivity contribution in [2.45, 2.75) is 0 Å². The Balaban J connectivity index is 3.91. The monoisotopic (exact) mass is 334 g/mol. The van der Waals surface area contributed by atoms with Gasteiger partial charge in [0.2, 0.25) is 0 Å². The van der Waals surface area contributed by atoms with Gasteiger partial charge in [0.1, 0.15) is 31.0 Å². The Hall–Kier alpha value is 1.28. The van der Waals surface area contributed by atoms with Crippen LogP contribution in [0.5, 0.6) is 0 Å². The van der Waals surface area contributed by atoms with E-state index in [4.69, 9.17) is 15.8 Å². The lowest BCUT2D eigenvalue weighted by molar-refractivity contribution is 0.221. The maximum atomic E-state index is 9.98. The molecule has 0 aliphatic rings. The van der Waals surface area contributed by atoms with Crippen LogP contribution >= 0.6 is 56.5 Å². The fourth-order valence-corrected chi connectivity index (χ4v) is 0.542. The Kier molecular flexibility index (Phi) is 4.00. The molecule has 0 fully saturated rings. The fraction of sp³-hybridized carbons (Fsp3) is 0. The van der Waals surface area contributed by atoms with Crippen LogP contribution < -0.4 is 0 Å². The number of hydrogen-bond donors (Lipinski definition) is 1. The average molecular weight is 335 g/mol. The van der Waals surface area contributed by atoms with Gasteiger partial charge in [-0.25, -0.2) is 7.31 Å². The minimum atomic E-state index is -2.55. The summed E-state index contributed by atoms with van der Waals surface area (Å²) in [5.74, 6) is 0. The predicted octanol–water partition coefficient (Wildman–Crippen LogP) is 3.21. The predicted molar refractivity (Wildman–Crippen MR) is 45.5 cm³/mol. The zero-order valence-corrected chi connectivity index (χ0v) is 8.62. The number of hydrogen-bond acceptors (Lipinski definition) is 2. The van der Waals surface area contributed by atoms with Crippen molar-refractivity contribution in [3.05, 3.63) is 0 Å². The summed E-state index contributed by atoms with van der Waals surface area (Å²) >= 11 is 4.09. The number of rotatable bonds is 1. The highest BCUT2D eigenvalue weighted by Crippen LogP contribution is 2.63. The van der Waals surface area contributed by atoms with Gasteiger partial charge >= 0.3 is 5.30 Å². The standard InChI is InChI=1S/CHBrClIO3S/c2-8(3,7-4)1(5)6/h(H,5,6). The third kappa shape index (κ3) is 2.72. The first kappa shape index (κ1) is 9.28. The molecule has 0 rings (SSSR count). The van der Waals surface area contributed by atoms with Crippen molar-refractivity contribution >= 4 is 61.8 Å². The second-order valence-electron chi connectivity index (χ2n) is 0.751. The third-order valence-corrected chi connectivity index (χ3v) is 6.40. The van der Waals surface area contributed by atoms with Crippen LogP contribution in [0, 0.1) is 0 Å². The largest absolute Gasteiger partial charge is 0.471 e. The fourth-order valence-electron chi connectivity index (χ4n) is 0.0269. The normalized spacial score (nSPS) is 21.4. The van der Waals surface area contributed by atoms with E-state index in [1.807, 2.05) is 0 Å². The molecule has 1 atom stereocenters. The maximum absolute atomic E-state index is 9.98. The Morgan fingerprint density at radius 2 is 2.38 bits per heavy atom. The van der Waals surface area contributed by atoms with E-state index >= 15 is 0 Å². The second-order valence-corrected chi connectivity index (χ2v) is 8.31. The summed E-state index contributed by atoms with van der Waals surface area (Å²) in [6.07, 6.45) is 0. The van der Waals surface area contributed by atoms with Crippen LogP contribution in [0.15, 0.2) is 0 Å². The lowest BCUT2D eigenvalue weighted by Crippen LogP contribution is -1.94. The number of carboxylic acid groups (broad SMARTS) is 1. The second kappa shape index (κ2) is 3.45. The molecular formula is CHBrClIO3S. The van der Waals surface area contributed by atoms with Crippen LogP contribution in [0.1, 0.15) is 0 Å². The van der Waals surface area contributed by atoms with Gasteiger partial charge in [-0.3, -0.25) is 0 Å². The quantitative estimate of drug-likeness (QED) is 0.749. The van der Waals surface area contributed by atoms with E-state index in [1.165, 1.54) is 23.0 Å². The SMILES string of the molecule is O=C(O)S(Cl)(Br)OI. The molecule has 0 aromatic rings. The molecule has 0 amide bonds. The minimum Gasteiger partial charge on any atom is -0.471 e. The van der Waals surface area contributed by atoms with Crippen LogP contribution in [-0.2, 0) is 2.51 Å². The molecule has 0 aliphatic carbocycles. The summed E-state index contributed by atoms with van der Waals surface area (Å²) in [5.41, 5.74) is 0. The molecule has 0 saturated carbocycles. The van der Waals surface area contributed by atoms with Gasteiger partial charge in [0.25, 0.3) is 0 Å². The van der Waals surface area contributed by atoms with Gasteiger partial charge in [-0.2, -0.15) is 0 Å². The topological polar surface area (TPSA) is 46.5 Å². The summed E-state index contributed by atoms with van der Waals surface area (Å²) < 4.78 is 4.33. The van der Waals surface area contributed by atoms with Crippen molar-refractivity contribution in [3.8, 4) is 0 Å². The molecule has 0 aromatic carbocycles. The Morgan fingerprint density at radius 1 is 2.00 bits per heavy atom. The van der Waals surface area contributed by atoms with E-state index in [2.05, 4.69) is 17.3 Å². The first-order valence-electron chi connectivity index (χ1n) is 1.26. The molecule has 0 heterocycles. The van der Waals surface area contributed by atoms with Crippen LogP contribution in [-0.4, -0.2) is 10.4 Å². The van der Waals surface area contributed by atoms with E-state index in [9.17, 15) is 4.79 Å². The molecule has 50 valence electrons. The van der Waals surface area contributed by atoms with Gasteiger partial charge in [-0.15, -0.1) is 0 Å². The Morgan fingerprint density at radius 3 is 2.38 bits per heavy atom. The highest BCUT2D eigenvalue weighted by Gasteiger charge is 2.26. The summed E-state index contributed by atoms with van der Waals surface area (Å²) in [4.78, 5) is 9.98. The van der Waals surface area contributed by atoms with E-state index in [-0.39, 0.29) is 0 Å². The molecular weight excluding hydrogens is 334 g/mol. The van der Waals surface area contributed by atoms with E-state index in [0.717, 1.165) is 0 Å². The molecule has 1 unspecified atom stereocenters. The summed E-state index contributed by atoms with van der Waals surface area (Å²) in [6.45, 7) is 0. The van der Waals surface area contributed by atoms with Crippen molar-refractivity contribution in [3.63, 3.8) is 0 Å². The minimum absolute atomic E-state index is 1.19. The van der Waals surface area contributed by atoms with E-state index in [0.29, 0.717) is 0 Å². The Labute approximate surface area is 73.6 Å². The zero-order chi connectivity index (χ0) is 6.78. The van der Waals surface area contributed by atoms with Crippen molar-refractivity contribution in [1.29, 1.82) is 0 Å². The molecule has 7 heteroatoms. The van der Waals surface area contributed by atoms with Gasteiger partial charge in [0.05, 0.1) is 0 Å². The third-order valence-electron chi connectivity index (χ3n) is 0.282. The van der Waals surface area contributed by atoms with Gasteiger partial charge < -0.3 is 5.11 Å². The van der Waals surface area contributed by atoms with Gasteiger partial charge in [0.15, 0.2) is 0 Å². The lowest BCUT2D eigenvalue weighted by atomic mass is 11.6. The molecule has 0 spiro atoms. The van der Waals surface area contributed by atoms with Crippen LogP contribution in [0.4, 0.5) is 4.79 Å². The first-order chi connectivity index (χ1) is 3.50. The van der Waals surface area contributed by atoms with Gasteiger partial charge in [-0.05, 0) is 10.7 Å². The molecule has 8 heavy (non-hydrogen) atoms. The Bertz CT molecular complexity index is 107. The van der Waals surface area contributed by atoms with Crippen molar-refractivity contribution in [2.24, 2.45) is 0 Å². The van der Waals surface area contributed by atoms with Crippen molar-refractivity contribution < 1.29 is 12.4 Å². The van der Waals surface area contributed by atoms with Crippen LogP contribution in [0.3, 0.4) is 0 Å². The summed E-state index contributed by atoms with van der Waals surface area (Å²) in [7, 11) is 2.68. The van der Waals surface area contributed by atoms with Crippen molar-refractivity contribution in [2.75, 3.05) is 0 Å². The molecule has 0 bridgehead atoms. The molecule has 0 aromatic heterocycles. The highest BCUT2D eigenvalue weighted by molar-refractivity contribution is 14.1. The number of carbonyl (C=O) groups is 1. The molecule has 3 nitrogen and oxygen atoms in total. The van der Waals surface area contributed by atoms with Gasteiger partial charge in [0, 0.05) is 14.8 Å². The van der Waals surface area contributed by atoms with Gasteiger partial charge in [-0.1, -0.05) is 0 Å². The smallest absolute Gasteiger partial charge is 0.394 e. The molecule has 0 aliphatic heterocycles. The van der Waals surface area contributed by atoms with Crippen LogP contribution in [0.25, 0.3) is 0 Å². The molecule has 0 saturated heterocycles. The first-order valence-corrected chi connectivity index (χ1v) is 6.37. The molecule has 1 N–H and O–H groups in total. The number of halogens is 3.